The fourth-order valence-corrected chi connectivity index (χ4v) is 3.28. The zero-order valence-corrected chi connectivity index (χ0v) is 12.9. The summed E-state index contributed by atoms with van der Waals surface area (Å²) in [5, 5.41) is 8.95. The van der Waals surface area contributed by atoms with Crippen LogP contribution < -0.4 is 0 Å². The lowest BCUT2D eigenvalue weighted by molar-refractivity contribution is -0.138. The van der Waals surface area contributed by atoms with E-state index in [-0.39, 0.29) is 5.41 Å². The molecule has 0 saturated heterocycles. The van der Waals surface area contributed by atoms with Gasteiger partial charge >= 0.3 is 5.97 Å². The van der Waals surface area contributed by atoms with E-state index in [4.69, 9.17) is 5.11 Å². The van der Waals surface area contributed by atoms with Gasteiger partial charge in [-0.2, -0.15) is 0 Å². The predicted octanol–water partition coefficient (Wildman–Crippen LogP) is 4.73. The van der Waals surface area contributed by atoms with Crippen molar-refractivity contribution < 1.29 is 9.90 Å². The van der Waals surface area contributed by atoms with E-state index in [9.17, 15) is 4.79 Å². The van der Waals surface area contributed by atoms with Gasteiger partial charge in [-0.15, -0.1) is 0 Å². The number of benzene rings is 1. The molecule has 0 aliphatic heterocycles. The number of carboxylic acid groups (broad SMARTS) is 1. The molecule has 2 rings (SSSR count). The Hall–Kier alpha value is -1.31. The van der Waals surface area contributed by atoms with Crippen molar-refractivity contribution >= 4 is 5.97 Å². The Kier molecular flexibility index (Phi) is 4.52. The average molecular weight is 274 g/mol. The minimum absolute atomic E-state index is 0.191. The number of aliphatic carboxylic acids is 1. The Labute approximate surface area is 122 Å². The third-order valence-electron chi connectivity index (χ3n) is 4.49. The summed E-state index contributed by atoms with van der Waals surface area (Å²) < 4.78 is 0. The van der Waals surface area contributed by atoms with Crippen LogP contribution >= 0.6 is 0 Å². The van der Waals surface area contributed by atoms with Crippen molar-refractivity contribution in [3.63, 3.8) is 0 Å². The number of hydrogen-bond donors (Lipinski definition) is 1. The molecule has 0 aromatic heterocycles. The molecule has 2 nitrogen and oxygen atoms in total. The van der Waals surface area contributed by atoms with Crippen molar-refractivity contribution in [2.45, 2.75) is 64.2 Å². The molecule has 1 aromatic carbocycles. The van der Waals surface area contributed by atoms with Gasteiger partial charge in [-0.3, -0.25) is 4.79 Å². The second kappa shape index (κ2) is 5.99. The molecule has 110 valence electrons. The van der Waals surface area contributed by atoms with Crippen LogP contribution in [-0.4, -0.2) is 11.1 Å². The molecular weight excluding hydrogens is 248 g/mol. The first-order valence-corrected chi connectivity index (χ1v) is 7.68. The third kappa shape index (κ3) is 3.84. The molecule has 20 heavy (non-hydrogen) atoms. The fourth-order valence-electron chi connectivity index (χ4n) is 3.28. The Morgan fingerprint density at radius 1 is 1.20 bits per heavy atom. The van der Waals surface area contributed by atoms with Crippen molar-refractivity contribution in [2.75, 3.05) is 0 Å². The molecule has 1 fully saturated rings. The molecule has 2 atom stereocenters. The van der Waals surface area contributed by atoms with Crippen molar-refractivity contribution in [3.8, 4) is 0 Å². The van der Waals surface area contributed by atoms with Gasteiger partial charge in [0.25, 0.3) is 0 Å². The number of rotatable bonds is 3. The quantitative estimate of drug-likeness (QED) is 0.865. The number of carboxylic acids is 1. The van der Waals surface area contributed by atoms with Crippen LogP contribution in [0.15, 0.2) is 24.3 Å². The third-order valence-corrected chi connectivity index (χ3v) is 4.49. The van der Waals surface area contributed by atoms with Crippen LogP contribution in [0.25, 0.3) is 0 Å². The first kappa shape index (κ1) is 15.1. The number of carbonyl (C=O) groups is 1. The minimum Gasteiger partial charge on any atom is -0.481 e. The molecule has 1 aliphatic rings. The molecule has 1 aliphatic carbocycles. The summed E-state index contributed by atoms with van der Waals surface area (Å²) in [7, 11) is 0. The highest BCUT2D eigenvalue weighted by Crippen LogP contribution is 2.38. The first-order valence-electron chi connectivity index (χ1n) is 7.68. The van der Waals surface area contributed by atoms with E-state index in [2.05, 4.69) is 45.0 Å². The van der Waals surface area contributed by atoms with E-state index in [0.29, 0.717) is 18.3 Å². The first-order chi connectivity index (χ1) is 9.36. The molecule has 0 radical (unpaired) electrons. The Balaban J connectivity index is 2.05. The lowest BCUT2D eigenvalue weighted by Gasteiger charge is -2.29. The summed E-state index contributed by atoms with van der Waals surface area (Å²) in [5.74, 6) is 0.245. The van der Waals surface area contributed by atoms with E-state index in [1.165, 1.54) is 17.5 Å². The van der Waals surface area contributed by atoms with E-state index < -0.39 is 5.97 Å². The second-order valence-electron chi connectivity index (χ2n) is 7.20. The summed E-state index contributed by atoms with van der Waals surface area (Å²) in [5.41, 5.74) is 2.93. The van der Waals surface area contributed by atoms with Gasteiger partial charge < -0.3 is 5.11 Å². The maximum absolute atomic E-state index is 10.9. The van der Waals surface area contributed by atoms with Crippen molar-refractivity contribution in [1.82, 2.24) is 0 Å². The van der Waals surface area contributed by atoms with E-state index >= 15 is 0 Å². The highest BCUT2D eigenvalue weighted by Gasteiger charge is 2.25. The Morgan fingerprint density at radius 2 is 1.85 bits per heavy atom. The van der Waals surface area contributed by atoms with Gasteiger partial charge in [0.2, 0.25) is 0 Å². The monoisotopic (exact) mass is 274 g/mol. The highest BCUT2D eigenvalue weighted by atomic mass is 16.4. The van der Waals surface area contributed by atoms with Crippen LogP contribution in [0.4, 0.5) is 0 Å². The lowest BCUT2D eigenvalue weighted by atomic mass is 9.76. The van der Waals surface area contributed by atoms with Gasteiger partial charge in [0, 0.05) is 6.42 Å². The van der Waals surface area contributed by atoms with Crippen LogP contribution in [-0.2, 0) is 10.2 Å². The molecule has 0 bridgehead atoms. The van der Waals surface area contributed by atoms with E-state index in [1.54, 1.807) is 0 Å². The van der Waals surface area contributed by atoms with Gasteiger partial charge in [0.1, 0.15) is 0 Å². The van der Waals surface area contributed by atoms with E-state index in [0.717, 1.165) is 19.3 Å². The van der Waals surface area contributed by atoms with Gasteiger partial charge in [-0.25, -0.2) is 0 Å². The summed E-state index contributed by atoms with van der Waals surface area (Å²) >= 11 is 0. The average Bonchev–Trinajstić information content (AvgIpc) is 2.37. The van der Waals surface area contributed by atoms with Crippen LogP contribution in [0.3, 0.4) is 0 Å². The van der Waals surface area contributed by atoms with Gasteiger partial charge in [-0.05, 0) is 47.6 Å². The Bertz CT molecular complexity index is 453. The SMILES string of the molecule is CC(C)(C)c1ccc(C2CCCC(CC(=O)O)C2)cc1. The molecule has 0 heterocycles. The molecule has 1 saturated carbocycles. The van der Waals surface area contributed by atoms with E-state index in [1.807, 2.05) is 0 Å². The summed E-state index contributed by atoms with van der Waals surface area (Å²) in [6.45, 7) is 6.68. The van der Waals surface area contributed by atoms with Crippen LogP contribution in [0.5, 0.6) is 0 Å². The maximum Gasteiger partial charge on any atom is 0.303 e. The summed E-state index contributed by atoms with van der Waals surface area (Å²) in [6, 6.07) is 8.95. The van der Waals surface area contributed by atoms with Crippen molar-refractivity contribution in [1.29, 1.82) is 0 Å². The Morgan fingerprint density at radius 3 is 2.40 bits per heavy atom. The second-order valence-corrected chi connectivity index (χ2v) is 7.20. The van der Waals surface area contributed by atoms with Gasteiger partial charge in [0.05, 0.1) is 0 Å². The van der Waals surface area contributed by atoms with Crippen molar-refractivity contribution in [3.05, 3.63) is 35.4 Å². The molecular formula is C18H26O2. The normalized spacial score (nSPS) is 23.6. The summed E-state index contributed by atoms with van der Waals surface area (Å²) in [6.07, 6.45) is 4.79. The van der Waals surface area contributed by atoms with Gasteiger partial charge in [0.15, 0.2) is 0 Å². The van der Waals surface area contributed by atoms with Crippen LogP contribution in [0.1, 0.15) is 69.9 Å². The van der Waals surface area contributed by atoms with Crippen molar-refractivity contribution in [2.24, 2.45) is 5.92 Å². The predicted molar refractivity (Wildman–Crippen MR) is 82.1 cm³/mol. The minimum atomic E-state index is -0.654. The molecule has 2 heteroatoms. The fraction of sp³-hybridized carbons (Fsp3) is 0.611. The molecule has 1 aromatic rings. The highest BCUT2D eigenvalue weighted by molar-refractivity contribution is 5.67. The summed E-state index contributed by atoms with van der Waals surface area (Å²) in [4.78, 5) is 10.9. The van der Waals surface area contributed by atoms with Crippen LogP contribution in [0.2, 0.25) is 0 Å². The standard InChI is InChI=1S/C18H26O2/c1-18(2,3)16-9-7-14(8-10-16)15-6-4-5-13(11-15)12-17(19)20/h7-10,13,15H,4-6,11-12H2,1-3H3,(H,19,20). The zero-order chi connectivity index (χ0) is 14.8. The number of hydrogen-bond acceptors (Lipinski definition) is 1. The largest absolute Gasteiger partial charge is 0.481 e. The molecule has 0 amide bonds. The zero-order valence-electron chi connectivity index (χ0n) is 12.9. The molecule has 1 N–H and O–H groups in total. The molecule has 2 unspecified atom stereocenters. The van der Waals surface area contributed by atoms with Crippen LogP contribution in [0, 0.1) is 5.92 Å². The maximum atomic E-state index is 10.9. The van der Waals surface area contributed by atoms with Gasteiger partial charge in [-0.1, -0.05) is 51.5 Å². The molecule has 0 spiro atoms. The topological polar surface area (TPSA) is 37.3 Å². The smallest absolute Gasteiger partial charge is 0.303 e. The lowest BCUT2D eigenvalue weighted by Crippen LogP contribution is -2.17.